The lowest BCUT2D eigenvalue weighted by atomic mass is 9.89. The van der Waals surface area contributed by atoms with Gasteiger partial charge in [0.25, 0.3) is 0 Å². The van der Waals surface area contributed by atoms with Crippen molar-refractivity contribution < 1.29 is 28.6 Å². The first-order valence-corrected chi connectivity index (χ1v) is 10.7. The first-order valence-electron chi connectivity index (χ1n) is 10.7. The molecule has 3 rings (SSSR count). The van der Waals surface area contributed by atoms with E-state index < -0.39 is 23.5 Å². The smallest absolute Gasteiger partial charge is 0.428 e. The van der Waals surface area contributed by atoms with Gasteiger partial charge < -0.3 is 24.4 Å². The van der Waals surface area contributed by atoms with Crippen molar-refractivity contribution in [3.63, 3.8) is 0 Å². The van der Waals surface area contributed by atoms with Gasteiger partial charge in [0.15, 0.2) is 0 Å². The molecule has 0 bridgehead atoms. The fourth-order valence-corrected chi connectivity index (χ4v) is 4.27. The van der Waals surface area contributed by atoms with Crippen molar-refractivity contribution >= 4 is 23.9 Å². The third kappa shape index (κ3) is 6.19. The third-order valence-corrected chi connectivity index (χ3v) is 5.35. The number of carbonyl (C=O) groups excluding carboxylic acids is 3. The van der Waals surface area contributed by atoms with E-state index in [0.717, 1.165) is 30.6 Å². The van der Waals surface area contributed by atoms with E-state index in [1.54, 1.807) is 34.6 Å². The van der Waals surface area contributed by atoms with Crippen LogP contribution in [0.5, 0.6) is 0 Å². The molecule has 0 spiro atoms. The highest BCUT2D eigenvalue weighted by molar-refractivity contribution is 6.01. The molecule has 0 saturated carbocycles. The average Bonchev–Trinajstić information content (AvgIpc) is 2.94. The van der Waals surface area contributed by atoms with E-state index in [1.807, 2.05) is 29.2 Å². The maximum atomic E-state index is 12.6. The van der Waals surface area contributed by atoms with E-state index in [0.29, 0.717) is 12.8 Å². The maximum absolute atomic E-state index is 12.6. The predicted molar refractivity (Wildman–Crippen MR) is 115 cm³/mol. The molecular weight excluding hydrogens is 400 g/mol. The number of fused-ring (bicyclic) bond motifs is 1. The summed E-state index contributed by atoms with van der Waals surface area (Å²) in [6.07, 6.45) is 0.379. The molecule has 1 aromatic rings. The highest BCUT2D eigenvalue weighted by Crippen LogP contribution is 2.34. The fraction of sp³-hybridized carbons (Fsp3) is 0.609. The van der Waals surface area contributed by atoms with Gasteiger partial charge in [-0.15, -0.1) is 0 Å². The zero-order valence-electron chi connectivity index (χ0n) is 18.9. The lowest BCUT2D eigenvalue weighted by molar-refractivity contribution is -0.118. The summed E-state index contributed by atoms with van der Waals surface area (Å²) in [4.78, 5) is 38.3. The SMILES string of the molecule is CC(C)(C)OC(=O)OC(=O)OC(C)(C)CC1CC(N2C(=O)Cc3ccccc32)CCN1. The van der Waals surface area contributed by atoms with Crippen molar-refractivity contribution in [1.29, 1.82) is 0 Å². The number of benzene rings is 1. The van der Waals surface area contributed by atoms with E-state index in [2.05, 4.69) is 10.1 Å². The Bertz CT molecular complexity index is 845. The lowest BCUT2D eigenvalue weighted by Gasteiger charge is -2.38. The van der Waals surface area contributed by atoms with E-state index in [4.69, 9.17) is 9.47 Å². The number of rotatable bonds is 4. The zero-order chi connectivity index (χ0) is 22.8. The highest BCUT2D eigenvalue weighted by atomic mass is 16.8. The third-order valence-electron chi connectivity index (χ3n) is 5.35. The average molecular weight is 433 g/mol. The van der Waals surface area contributed by atoms with Crippen LogP contribution in [0.2, 0.25) is 0 Å². The number of nitrogens with zero attached hydrogens (tertiary/aromatic N) is 1. The Kier molecular flexibility index (Phi) is 6.59. The second-order valence-electron chi connectivity index (χ2n) is 9.78. The standard InChI is InChI=1S/C23H32N2O6/c1-22(2,3)30-20(27)29-21(28)31-23(4,5)14-16-13-17(10-11-24-16)25-18-9-7-6-8-15(18)12-19(25)26/h6-9,16-17,24H,10-14H2,1-5H3. The maximum Gasteiger partial charge on any atom is 0.519 e. The first-order chi connectivity index (χ1) is 14.4. The quantitative estimate of drug-likeness (QED) is 0.569. The predicted octanol–water partition coefficient (Wildman–Crippen LogP) is 3.95. The normalized spacial score (nSPS) is 21.5. The van der Waals surface area contributed by atoms with Crippen LogP contribution < -0.4 is 10.2 Å². The van der Waals surface area contributed by atoms with Crippen LogP contribution in [0.15, 0.2) is 24.3 Å². The number of ether oxygens (including phenoxy) is 3. The van der Waals surface area contributed by atoms with Gasteiger partial charge in [-0.2, -0.15) is 0 Å². The van der Waals surface area contributed by atoms with Gasteiger partial charge in [0.2, 0.25) is 5.91 Å². The number of hydrogen-bond donors (Lipinski definition) is 1. The van der Waals surface area contributed by atoms with Crippen molar-refractivity contribution in [2.45, 2.75) is 83.6 Å². The summed E-state index contributed by atoms with van der Waals surface area (Å²) in [5, 5.41) is 3.45. The molecule has 1 N–H and O–H groups in total. The number of hydrogen-bond acceptors (Lipinski definition) is 7. The second-order valence-corrected chi connectivity index (χ2v) is 9.78. The number of amides is 1. The summed E-state index contributed by atoms with van der Waals surface area (Å²) < 4.78 is 15.0. The summed E-state index contributed by atoms with van der Waals surface area (Å²) in [6, 6.07) is 8.04. The highest BCUT2D eigenvalue weighted by Gasteiger charge is 2.38. The molecule has 0 aliphatic carbocycles. The first kappa shape index (κ1) is 23.1. The topological polar surface area (TPSA) is 94.2 Å². The van der Waals surface area contributed by atoms with Crippen LogP contribution in [0.25, 0.3) is 0 Å². The van der Waals surface area contributed by atoms with Crippen molar-refractivity contribution in [3.05, 3.63) is 29.8 Å². The van der Waals surface area contributed by atoms with Gasteiger partial charge in [0, 0.05) is 24.2 Å². The van der Waals surface area contributed by atoms with Crippen LogP contribution in [0.3, 0.4) is 0 Å². The van der Waals surface area contributed by atoms with Crippen LogP contribution in [-0.2, 0) is 25.4 Å². The van der Waals surface area contributed by atoms with E-state index in [-0.39, 0.29) is 18.0 Å². The molecule has 2 atom stereocenters. The molecule has 0 aromatic heterocycles. The van der Waals surface area contributed by atoms with Crippen LogP contribution in [0.4, 0.5) is 15.3 Å². The van der Waals surface area contributed by atoms with Crippen molar-refractivity contribution in [3.8, 4) is 0 Å². The Hall–Kier alpha value is -2.61. The van der Waals surface area contributed by atoms with Gasteiger partial charge in [-0.25, -0.2) is 9.59 Å². The van der Waals surface area contributed by atoms with Gasteiger partial charge >= 0.3 is 12.3 Å². The molecule has 2 heterocycles. The fourth-order valence-electron chi connectivity index (χ4n) is 4.27. The van der Waals surface area contributed by atoms with E-state index >= 15 is 0 Å². The summed E-state index contributed by atoms with van der Waals surface area (Å²) in [6.45, 7) is 9.34. The number of para-hydroxylation sites is 1. The Morgan fingerprint density at radius 1 is 1.10 bits per heavy atom. The number of piperidine rings is 1. The molecule has 2 aliphatic heterocycles. The molecule has 1 aromatic carbocycles. The number of anilines is 1. The monoisotopic (exact) mass is 432 g/mol. The van der Waals surface area contributed by atoms with Crippen molar-refractivity contribution in [2.24, 2.45) is 0 Å². The van der Waals surface area contributed by atoms with Crippen molar-refractivity contribution in [1.82, 2.24) is 5.32 Å². The van der Waals surface area contributed by atoms with Crippen LogP contribution in [0.1, 0.15) is 59.4 Å². The zero-order valence-corrected chi connectivity index (χ0v) is 18.9. The second kappa shape index (κ2) is 8.86. The van der Waals surface area contributed by atoms with Crippen LogP contribution in [0, 0.1) is 0 Å². The van der Waals surface area contributed by atoms with Crippen molar-refractivity contribution in [2.75, 3.05) is 11.4 Å². The Balaban J connectivity index is 1.56. The molecule has 1 amide bonds. The summed E-state index contributed by atoms with van der Waals surface area (Å²) in [5.74, 6) is 0.128. The number of nitrogens with one attached hydrogen (secondary N) is 1. The van der Waals surface area contributed by atoms with Gasteiger partial charge in [0.1, 0.15) is 11.2 Å². The Morgan fingerprint density at radius 3 is 2.48 bits per heavy atom. The molecule has 1 fully saturated rings. The van der Waals surface area contributed by atoms with Gasteiger partial charge in [-0.3, -0.25) is 4.79 Å². The molecule has 0 radical (unpaired) electrons. The largest absolute Gasteiger partial charge is 0.519 e. The minimum absolute atomic E-state index is 0.0450. The van der Waals surface area contributed by atoms with Gasteiger partial charge in [-0.05, 0) is 65.6 Å². The Morgan fingerprint density at radius 2 is 1.77 bits per heavy atom. The molecule has 2 unspecified atom stereocenters. The molecule has 1 saturated heterocycles. The molecule has 170 valence electrons. The van der Waals surface area contributed by atoms with E-state index in [9.17, 15) is 14.4 Å². The van der Waals surface area contributed by atoms with Crippen LogP contribution in [-0.4, -0.2) is 48.0 Å². The molecular formula is C23H32N2O6. The number of carbonyl (C=O) groups is 3. The Labute approximate surface area is 183 Å². The summed E-state index contributed by atoms with van der Waals surface area (Å²) in [5.41, 5.74) is 0.427. The summed E-state index contributed by atoms with van der Waals surface area (Å²) in [7, 11) is 0. The molecule has 8 heteroatoms. The molecule has 31 heavy (non-hydrogen) atoms. The molecule has 8 nitrogen and oxygen atoms in total. The summed E-state index contributed by atoms with van der Waals surface area (Å²) >= 11 is 0. The molecule has 2 aliphatic rings. The van der Waals surface area contributed by atoms with Gasteiger partial charge in [-0.1, -0.05) is 18.2 Å². The van der Waals surface area contributed by atoms with Gasteiger partial charge in [0.05, 0.1) is 6.42 Å². The minimum atomic E-state index is -1.09. The lowest BCUT2D eigenvalue weighted by Crippen LogP contribution is -2.51. The van der Waals surface area contributed by atoms with Crippen LogP contribution >= 0.6 is 0 Å². The minimum Gasteiger partial charge on any atom is -0.428 e. The van der Waals surface area contributed by atoms with E-state index in [1.165, 1.54) is 0 Å².